The molecule has 27 heavy (non-hydrogen) atoms. The Morgan fingerprint density at radius 1 is 1.26 bits per heavy atom. The first-order valence-corrected chi connectivity index (χ1v) is 10.4. The van der Waals surface area contributed by atoms with Gasteiger partial charge in [-0.25, -0.2) is 4.98 Å². The quantitative estimate of drug-likeness (QED) is 0.511. The van der Waals surface area contributed by atoms with Crippen LogP contribution in [0.5, 0.6) is 0 Å². The number of aryl methyl sites for hydroxylation is 1. The number of para-hydroxylation sites is 2. The maximum Gasteiger partial charge on any atom is 0.244 e. The van der Waals surface area contributed by atoms with Crippen molar-refractivity contribution in [2.24, 2.45) is 5.92 Å². The number of aromatic nitrogens is 2. The van der Waals surface area contributed by atoms with Gasteiger partial charge in [-0.05, 0) is 49.1 Å². The van der Waals surface area contributed by atoms with Crippen molar-refractivity contribution in [3.8, 4) is 0 Å². The standard InChI is InChI=1S/C21H24ClN3OS/c1-14(2)10-11-27-21-24-18-6-4-5-7-19(18)25(21)13-20(26)23-17-9-8-15(3)12-16(17)22/h4-9,12,14H,10-11,13H2,1-3H3,(H,23,26). The molecule has 1 aromatic heterocycles. The predicted octanol–water partition coefficient (Wildman–Crippen LogP) is 5.78. The summed E-state index contributed by atoms with van der Waals surface area (Å²) in [6.45, 7) is 6.59. The smallest absolute Gasteiger partial charge is 0.244 e. The Hall–Kier alpha value is -1.98. The number of imidazole rings is 1. The number of fused-ring (bicyclic) bond motifs is 1. The number of nitrogens with zero attached hydrogens (tertiary/aromatic N) is 2. The molecule has 0 aliphatic carbocycles. The maximum atomic E-state index is 12.7. The minimum absolute atomic E-state index is 0.116. The van der Waals surface area contributed by atoms with Gasteiger partial charge in [-0.3, -0.25) is 4.79 Å². The van der Waals surface area contributed by atoms with Crippen molar-refractivity contribution < 1.29 is 4.79 Å². The van der Waals surface area contributed by atoms with Gasteiger partial charge < -0.3 is 9.88 Å². The van der Waals surface area contributed by atoms with Crippen molar-refractivity contribution in [2.45, 2.75) is 38.9 Å². The first-order valence-electron chi connectivity index (χ1n) is 9.08. The SMILES string of the molecule is Cc1ccc(NC(=O)Cn2c(SCCC(C)C)nc3ccccc32)c(Cl)c1. The monoisotopic (exact) mass is 401 g/mol. The van der Waals surface area contributed by atoms with E-state index in [1.54, 1.807) is 11.8 Å². The zero-order valence-electron chi connectivity index (χ0n) is 15.8. The molecule has 0 saturated carbocycles. The van der Waals surface area contributed by atoms with E-state index >= 15 is 0 Å². The molecule has 6 heteroatoms. The molecule has 3 aromatic rings. The van der Waals surface area contributed by atoms with Crippen molar-refractivity contribution in [3.05, 3.63) is 53.1 Å². The molecule has 1 heterocycles. The van der Waals surface area contributed by atoms with Gasteiger partial charge in [-0.15, -0.1) is 0 Å². The highest BCUT2D eigenvalue weighted by Gasteiger charge is 2.15. The van der Waals surface area contributed by atoms with E-state index in [4.69, 9.17) is 16.6 Å². The highest BCUT2D eigenvalue weighted by Crippen LogP contribution is 2.26. The van der Waals surface area contributed by atoms with Crippen molar-refractivity contribution in [1.82, 2.24) is 9.55 Å². The molecule has 0 radical (unpaired) electrons. The lowest BCUT2D eigenvalue weighted by molar-refractivity contribution is -0.116. The van der Waals surface area contributed by atoms with Gasteiger partial charge in [-0.2, -0.15) is 0 Å². The third-order valence-corrected chi connectivity index (χ3v) is 5.57. The van der Waals surface area contributed by atoms with Gasteiger partial charge in [0.05, 0.1) is 21.7 Å². The molecule has 0 aliphatic heterocycles. The molecule has 0 unspecified atom stereocenters. The molecule has 4 nitrogen and oxygen atoms in total. The van der Waals surface area contributed by atoms with Crippen LogP contribution in [0.3, 0.4) is 0 Å². The first kappa shape index (κ1) is 19.8. The zero-order chi connectivity index (χ0) is 19.4. The summed E-state index contributed by atoms with van der Waals surface area (Å²) in [6, 6.07) is 13.5. The van der Waals surface area contributed by atoms with Gasteiger partial charge >= 0.3 is 0 Å². The third kappa shape index (κ3) is 5.05. The minimum atomic E-state index is -0.116. The number of carbonyl (C=O) groups excluding carboxylic acids is 1. The molecule has 0 saturated heterocycles. The van der Waals surface area contributed by atoms with Gasteiger partial charge in [0.1, 0.15) is 6.54 Å². The van der Waals surface area contributed by atoms with Crippen LogP contribution in [0.4, 0.5) is 5.69 Å². The summed E-state index contributed by atoms with van der Waals surface area (Å²) in [5.41, 5.74) is 3.56. The van der Waals surface area contributed by atoms with E-state index in [1.165, 1.54) is 0 Å². The highest BCUT2D eigenvalue weighted by molar-refractivity contribution is 7.99. The van der Waals surface area contributed by atoms with Crippen LogP contribution in [0.15, 0.2) is 47.6 Å². The number of hydrogen-bond acceptors (Lipinski definition) is 3. The van der Waals surface area contributed by atoms with E-state index in [9.17, 15) is 4.79 Å². The molecule has 2 aromatic carbocycles. The van der Waals surface area contributed by atoms with Crippen LogP contribution in [0.25, 0.3) is 11.0 Å². The van der Waals surface area contributed by atoms with Crippen LogP contribution in [0.2, 0.25) is 5.02 Å². The van der Waals surface area contributed by atoms with E-state index in [1.807, 2.05) is 54.0 Å². The second kappa shape index (κ2) is 8.81. The van der Waals surface area contributed by atoms with E-state index in [-0.39, 0.29) is 12.5 Å². The second-order valence-corrected chi connectivity index (χ2v) is 8.50. The Bertz CT molecular complexity index is 952. The summed E-state index contributed by atoms with van der Waals surface area (Å²) in [6.07, 6.45) is 1.11. The summed E-state index contributed by atoms with van der Waals surface area (Å²) in [5, 5.41) is 4.34. The number of nitrogens with one attached hydrogen (secondary N) is 1. The summed E-state index contributed by atoms with van der Waals surface area (Å²) in [4.78, 5) is 17.4. The molecule has 3 rings (SSSR count). The van der Waals surface area contributed by atoms with E-state index in [0.717, 1.165) is 33.9 Å². The lowest BCUT2D eigenvalue weighted by Gasteiger charge is -2.11. The fourth-order valence-electron chi connectivity index (χ4n) is 2.76. The topological polar surface area (TPSA) is 46.9 Å². The van der Waals surface area contributed by atoms with Crippen LogP contribution in [-0.2, 0) is 11.3 Å². The Labute approximate surface area is 169 Å². The molecule has 0 fully saturated rings. The van der Waals surface area contributed by atoms with Crippen LogP contribution in [0, 0.1) is 12.8 Å². The Kier molecular flexibility index (Phi) is 6.45. The first-order chi connectivity index (χ1) is 12.9. The molecule has 0 aliphatic rings. The van der Waals surface area contributed by atoms with E-state index in [2.05, 4.69) is 19.2 Å². The van der Waals surface area contributed by atoms with Crippen molar-refractivity contribution >= 4 is 46.0 Å². The Morgan fingerprint density at radius 3 is 2.78 bits per heavy atom. The minimum Gasteiger partial charge on any atom is -0.323 e. The molecule has 0 spiro atoms. The van der Waals surface area contributed by atoms with E-state index in [0.29, 0.717) is 16.6 Å². The Morgan fingerprint density at radius 2 is 2.04 bits per heavy atom. The largest absolute Gasteiger partial charge is 0.323 e. The molecular weight excluding hydrogens is 378 g/mol. The normalized spacial score (nSPS) is 11.3. The average Bonchev–Trinajstić information content (AvgIpc) is 2.95. The number of thioether (sulfide) groups is 1. The third-order valence-electron chi connectivity index (χ3n) is 4.25. The average molecular weight is 402 g/mol. The summed E-state index contributed by atoms with van der Waals surface area (Å²) >= 11 is 7.94. The van der Waals surface area contributed by atoms with Gasteiger partial charge in [0.25, 0.3) is 0 Å². The van der Waals surface area contributed by atoms with Crippen LogP contribution >= 0.6 is 23.4 Å². The number of halogens is 1. The number of carbonyl (C=O) groups is 1. The van der Waals surface area contributed by atoms with Crippen LogP contribution < -0.4 is 5.32 Å². The lowest BCUT2D eigenvalue weighted by Crippen LogP contribution is -2.19. The molecule has 142 valence electrons. The van der Waals surface area contributed by atoms with Gasteiger partial charge in [0, 0.05) is 5.75 Å². The summed E-state index contributed by atoms with van der Waals surface area (Å²) < 4.78 is 1.98. The summed E-state index contributed by atoms with van der Waals surface area (Å²) in [7, 11) is 0. The van der Waals surface area contributed by atoms with Crippen LogP contribution in [-0.4, -0.2) is 21.2 Å². The number of amides is 1. The number of benzene rings is 2. The van der Waals surface area contributed by atoms with Gasteiger partial charge in [0.15, 0.2) is 5.16 Å². The van der Waals surface area contributed by atoms with Crippen molar-refractivity contribution in [3.63, 3.8) is 0 Å². The fourth-order valence-corrected chi connectivity index (χ4v) is 4.29. The predicted molar refractivity (Wildman–Crippen MR) is 115 cm³/mol. The number of rotatable bonds is 7. The fraction of sp³-hybridized carbons (Fsp3) is 0.333. The molecule has 0 bridgehead atoms. The van der Waals surface area contributed by atoms with Crippen molar-refractivity contribution in [1.29, 1.82) is 0 Å². The number of hydrogen-bond donors (Lipinski definition) is 1. The highest BCUT2D eigenvalue weighted by atomic mass is 35.5. The second-order valence-electron chi connectivity index (χ2n) is 7.03. The number of anilines is 1. The Balaban J connectivity index is 1.80. The van der Waals surface area contributed by atoms with Gasteiger partial charge in [0.2, 0.25) is 5.91 Å². The zero-order valence-corrected chi connectivity index (χ0v) is 17.4. The van der Waals surface area contributed by atoms with E-state index < -0.39 is 0 Å². The molecular formula is C21H24ClN3OS. The maximum absolute atomic E-state index is 12.7. The molecule has 0 atom stereocenters. The van der Waals surface area contributed by atoms with Crippen LogP contribution in [0.1, 0.15) is 25.8 Å². The lowest BCUT2D eigenvalue weighted by atomic mass is 10.2. The summed E-state index contributed by atoms with van der Waals surface area (Å²) in [5.74, 6) is 1.50. The molecule has 1 amide bonds. The van der Waals surface area contributed by atoms with Gasteiger partial charge in [-0.1, -0.05) is 55.4 Å². The molecule has 1 N–H and O–H groups in total. The van der Waals surface area contributed by atoms with Crippen molar-refractivity contribution in [2.75, 3.05) is 11.1 Å².